The second-order valence-corrected chi connectivity index (χ2v) is 6.01. The van der Waals surface area contributed by atoms with Crippen LogP contribution in [0, 0.1) is 0 Å². The minimum atomic E-state index is -0.323. The first-order chi connectivity index (χ1) is 11.1. The smallest absolute Gasteiger partial charge is 0.211 e. The maximum absolute atomic E-state index is 12.5. The van der Waals surface area contributed by atoms with Gasteiger partial charge in [-0.25, -0.2) is 0 Å². The van der Waals surface area contributed by atoms with Gasteiger partial charge in [-0.2, -0.15) is 0 Å². The highest BCUT2D eigenvalue weighted by molar-refractivity contribution is 6.49. The summed E-state index contributed by atoms with van der Waals surface area (Å²) in [5.41, 5.74) is 1.99. The van der Waals surface area contributed by atoms with E-state index in [2.05, 4.69) is 5.32 Å². The van der Waals surface area contributed by atoms with Crippen LogP contribution in [-0.2, 0) is 6.42 Å². The SMILES string of the molecule is O=C1C(Cl)=C(NCCc2ccc(Cl)cc2)C(=O)c2ccccc21. The van der Waals surface area contributed by atoms with Crippen LogP contribution in [-0.4, -0.2) is 18.1 Å². The van der Waals surface area contributed by atoms with Crippen molar-refractivity contribution in [2.24, 2.45) is 0 Å². The predicted molar refractivity (Wildman–Crippen MR) is 91.1 cm³/mol. The second-order valence-electron chi connectivity index (χ2n) is 5.20. The monoisotopic (exact) mass is 345 g/mol. The molecular weight excluding hydrogens is 333 g/mol. The maximum atomic E-state index is 12.5. The Hall–Kier alpha value is -2.10. The van der Waals surface area contributed by atoms with Gasteiger partial charge in [0.1, 0.15) is 10.7 Å². The molecule has 0 spiro atoms. The number of Topliss-reactive ketones (excluding diaryl/α,β-unsaturated/α-hetero) is 2. The third kappa shape index (κ3) is 3.16. The van der Waals surface area contributed by atoms with Gasteiger partial charge in [-0.15, -0.1) is 0 Å². The van der Waals surface area contributed by atoms with Gasteiger partial charge < -0.3 is 5.32 Å². The summed E-state index contributed by atoms with van der Waals surface area (Å²) in [4.78, 5) is 24.7. The van der Waals surface area contributed by atoms with Crippen LogP contribution in [0.2, 0.25) is 5.02 Å². The quantitative estimate of drug-likeness (QED) is 0.910. The number of benzene rings is 2. The van der Waals surface area contributed by atoms with Gasteiger partial charge in [0.25, 0.3) is 0 Å². The molecule has 0 atom stereocenters. The van der Waals surface area contributed by atoms with E-state index >= 15 is 0 Å². The Balaban J connectivity index is 1.75. The molecule has 0 saturated carbocycles. The molecule has 3 rings (SSSR count). The van der Waals surface area contributed by atoms with E-state index in [4.69, 9.17) is 23.2 Å². The Bertz CT molecular complexity index is 810. The van der Waals surface area contributed by atoms with Gasteiger partial charge in [0.05, 0.1) is 0 Å². The molecule has 5 heteroatoms. The Kier molecular flexibility index (Phi) is 4.51. The Labute approximate surface area is 143 Å². The average Bonchev–Trinajstić information content (AvgIpc) is 2.57. The van der Waals surface area contributed by atoms with Crippen LogP contribution in [0.15, 0.2) is 59.3 Å². The van der Waals surface area contributed by atoms with Crippen LogP contribution in [0.4, 0.5) is 0 Å². The lowest BCUT2D eigenvalue weighted by atomic mass is 9.92. The first kappa shape index (κ1) is 15.8. The molecule has 23 heavy (non-hydrogen) atoms. The van der Waals surface area contributed by atoms with Crippen molar-refractivity contribution in [2.75, 3.05) is 6.54 Å². The molecule has 1 aliphatic carbocycles. The molecule has 0 unspecified atom stereocenters. The van der Waals surface area contributed by atoms with E-state index in [-0.39, 0.29) is 22.3 Å². The van der Waals surface area contributed by atoms with E-state index in [0.717, 1.165) is 5.56 Å². The number of hydrogen-bond acceptors (Lipinski definition) is 3. The maximum Gasteiger partial charge on any atom is 0.211 e. The van der Waals surface area contributed by atoms with E-state index in [1.54, 1.807) is 24.3 Å². The number of halogens is 2. The number of fused-ring (bicyclic) bond motifs is 1. The van der Waals surface area contributed by atoms with Crippen LogP contribution in [0.25, 0.3) is 0 Å². The normalized spacial score (nSPS) is 14.0. The number of carbonyl (C=O) groups is 2. The number of rotatable bonds is 4. The minimum absolute atomic E-state index is 0.0511. The largest absolute Gasteiger partial charge is 0.380 e. The van der Waals surface area contributed by atoms with Gasteiger partial charge >= 0.3 is 0 Å². The van der Waals surface area contributed by atoms with Crippen molar-refractivity contribution in [3.8, 4) is 0 Å². The molecular formula is C18H13Cl2NO2. The second kappa shape index (κ2) is 6.57. The Morgan fingerprint density at radius 1 is 0.826 bits per heavy atom. The van der Waals surface area contributed by atoms with Crippen LogP contribution in [0.3, 0.4) is 0 Å². The van der Waals surface area contributed by atoms with Gasteiger partial charge in [-0.3, -0.25) is 9.59 Å². The lowest BCUT2D eigenvalue weighted by Gasteiger charge is -2.18. The number of carbonyl (C=O) groups excluding carboxylic acids is 2. The fraction of sp³-hybridized carbons (Fsp3) is 0.111. The van der Waals surface area contributed by atoms with Crippen LogP contribution >= 0.6 is 23.2 Å². The van der Waals surface area contributed by atoms with Crippen molar-refractivity contribution in [1.82, 2.24) is 5.32 Å². The van der Waals surface area contributed by atoms with E-state index in [9.17, 15) is 9.59 Å². The summed E-state index contributed by atoms with van der Waals surface area (Å²) < 4.78 is 0. The summed E-state index contributed by atoms with van der Waals surface area (Å²) in [6.45, 7) is 0.494. The predicted octanol–water partition coefficient (Wildman–Crippen LogP) is 4.00. The van der Waals surface area contributed by atoms with Gasteiger partial charge in [-0.05, 0) is 24.1 Å². The molecule has 0 aliphatic heterocycles. The summed E-state index contributed by atoms with van der Waals surface area (Å²) in [6, 6.07) is 14.2. The molecule has 0 saturated heterocycles. The molecule has 2 aromatic carbocycles. The summed E-state index contributed by atoms with van der Waals surface area (Å²) in [7, 11) is 0. The molecule has 0 heterocycles. The van der Waals surface area contributed by atoms with Crippen LogP contribution in [0.5, 0.6) is 0 Å². The van der Waals surface area contributed by atoms with Gasteiger partial charge in [-0.1, -0.05) is 59.6 Å². The van der Waals surface area contributed by atoms with Crippen molar-refractivity contribution in [1.29, 1.82) is 0 Å². The summed E-state index contributed by atoms with van der Waals surface area (Å²) in [6.07, 6.45) is 0.688. The third-order valence-electron chi connectivity index (χ3n) is 3.69. The molecule has 3 nitrogen and oxygen atoms in total. The van der Waals surface area contributed by atoms with Gasteiger partial charge in [0, 0.05) is 22.7 Å². The number of allylic oxidation sites excluding steroid dienone is 2. The molecule has 116 valence electrons. The Morgan fingerprint density at radius 2 is 1.43 bits per heavy atom. The fourth-order valence-corrected chi connectivity index (χ4v) is 2.87. The van der Waals surface area contributed by atoms with E-state index in [1.807, 2.05) is 24.3 Å². The Morgan fingerprint density at radius 3 is 2.09 bits per heavy atom. The zero-order valence-electron chi connectivity index (χ0n) is 12.1. The van der Waals surface area contributed by atoms with Crippen molar-refractivity contribution >= 4 is 34.8 Å². The number of nitrogens with one attached hydrogen (secondary N) is 1. The number of hydrogen-bond donors (Lipinski definition) is 1. The molecule has 2 aromatic rings. The summed E-state index contributed by atoms with van der Waals surface area (Å²) in [5, 5.41) is 3.63. The van der Waals surface area contributed by atoms with Crippen molar-refractivity contribution in [2.45, 2.75) is 6.42 Å². The molecule has 0 amide bonds. The van der Waals surface area contributed by atoms with Crippen LogP contribution < -0.4 is 5.32 Å². The first-order valence-corrected chi connectivity index (χ1v) is 7.90. The fourth-order valence-electron chi connectivity index (χ4n) is 2.49. The van der Waals surface area contributed by atoms with Gasteiger partial charge in [0.2, 0.25) is 11.6 Å². The molecule has 0 aromatic heterocycles. The minimum Gasteiger partial charge on any atom is -0.380 e. The first-order valence-electron chi connectivity index (χ1n) is 7.14. The van der Waals surface area contributed by atoms with Crippen molar-refractivity contribution < 1.29 is 9.59 Å². The lowest BCUT2D eigenvalue weighted by molar-refractivity contribution is 0.0975. The van der Waals surface area contributed by atoms with E-state index < -0.39 is 0 Å². The third-order valence-corrected chi connectivity index (χ3v) is 4.30. The van der Waals surface area contributed by atoms with E-state index in [0.29, 0.717) is 29.1 Å². The summed E-state index contributed by atoms with van der Waals surface area (Å²) >= 11 is 11.9. The average molecular weight is 346 g/mol. The summed E-state index contributed by atoms with van der Waals surface area (Å²) in [5.74, 6) is -0.572. The molecule has 0 radical (unpaired) electrons. The van der Waals surface area contributed by atoms with Gasteiger partial charge in [0.15, 0.2) is 0 Å². The highest BCUT2D eigenvalue weighted by Crippen LogP contribution is 2.27. The molecule has 1 aliphatic rings. The molecule has 0 fully saturated rings. The zero-order chi connectivity index (χ0) is 16.4. The van der Waals surface area contributed by atoms with Crippen molar-refractivity contribution in [3.05, 3.63) is 81.0 Å². The molecule has 0 bridgehead atoms. The highest BCUT2D eigenvalue weighted by atomic mass is 35.5. The highest BCUT2D eigenvalue weighted by Gasteiger charge is 2.30. The van der Waals surface area contributed by atoms with Crippen molar-refractivity contribution in [3.63, 3.8) is 0 Å². The number of ketones is 2. The zero-order valence-corrected chi connectivity index (χ0v) is 13.6. The standard InChI is InChI=1S/C18H13Cl2NO2/c19-12-7-5-11(6-8-12)9-10-21-16-15(20)17(22)13-3-1-2-4-14(13)18(16)23/h1-8,21H,9-10H2. The topological polar surface area (TPSA) is 46.2 Å². The molecule has 1 N–H and O–H groups in total. The van der Waals surface area contributed by atoms with Crippen LogP contribution in [0.1, 0.15) is 26.3 Å². The lowest BCUT2D eigenvalue weighted by Crippen LogP contribution is -2.30. The van der Waals surface area contributed by atoms with E-state index in [1.165, 1.54) is 0 Å².